The van der Waals surface area contributed by atoms with Crippen LogP contribution in [-0.4, -0.2) is 42.5 Å². The van der Waals surface area contributed by atoms with Crippen molar-refractivity contribution in [2.45, 2.75) is 13.8 Å². The quantitative estimate of drug-likeness (QED) is 0.823. The van der Waals surface area contributed by atoms with Gasteiger partial charge in [0.2, 0.25) is 0 Å². The summed E-state index contributed by atoms with van der Waals surface area (Å²) in [5, 5.41) is 0.366. The summed E-state index contributed by atoms with van der Waals surface area (Å²) in [5.41, 5.74) is 6.16. The summed E-state index contributed by atoms with van der Waals surface area (Å²) < 4.78 is 4.62. The van der Waals surface area contributed by atoms with Crippen LogP contribution in [0.2, 0.25) is 0 Å². The van der Waals surface area contributed by atoms with Crippen LogP contribution >= 0.6 is 11.3 Å². The molecule has 100 valence electrons. The number of aryl methyl sites for hydroxylation is 1. The molecule has 1 unspecified atom stereocenters. The fraction of sp³-hybridized carbons (Fsp3) is 0.545. The number of nitrogen functional groups attached to an aromatic ring is 1. The highest BCUT2D eigenvalue weighted by Gasteiger charge is 2.22. The van der Waals surface area contributed by atoms with E-state index in [1.807, 2.05) is 0 Å². The Labute approximate surface area is 110 Å². The molecule has 0 fully saturated rings. The second-order valence-electron chi connectivity index (χ2n) is 4.08. The summed E-state index contributed by atoms with van der Waals surface area (Å²) in [6, 6.07) is 0. The molecule has 18 heavy (non-hydrogen) atoms. The largest absolute Gasteiger partial charge is 0.469 e. The molecule has 0 bridgehead atoms. The molecule has 0 saturated heterocycles. The summed E-state index contributed by atoms with van der Waals surface area (Å²) in [6.45, 7) is 3.74. The van der Waals surface area contributed by atoms with Crippen molar-refractivity contribution in [2.75, 3.05) is 26.4 Å². The van der Waals surface area contributed by atoms with Crippen LogP contribution in [0, 0.1) is 12.8 Å². The van der Waals surface area contributed by atoms with Gasteiger partial charge < -0.3 is 15.4 Å². The van der Waals surface area contributed by atoms with Crippen LogP contribution in [-0.2, 0) is 9.53 Å². The number of thiazole rings is 1. The van der Waals surface area contributed by atoms with Gasteiger partial charge in [-0.15, -0.1) is 0 Å². The van der Waals surface area contributed by atoms with Crippen LogP contribution in [0.25, 0.3) is 0 Å². The highest BCUT2D eigenvalue weighted by Crippen LogP contribution is 2.21. The molecule has 7 heteroatoms. The highest BCUT2D eigenvalue weighted by molar-refractivity contribution is 7.17. The van der Waals surface area contributed by atoms with Gasteiger partial charge in [-0.2, -0.15) is 0 Å². The van der Waals surface area contributed by atoms with E-state index in [2.05, 4.69) is 9.72 Å². The minimum Gasteiger partial charge on any atom is -0.469 e. The third kappa shape index (κ3) is 3.19. The molecule has 1 amide bonds. The van der Waals surface area contributed by atoms with Gasteiger partial charge in [-0.3, -0.25) is 9.59 Å². The Bertz CT molecular complexity index is 458. The maximum absolute atomic E-state index is 12.1. The summed E-state index contributed by atoms with van der Waals surface area (Å²) in [5.74, 6) is -0.887. The summed E-state index contributed by atoms with van der Waals surface area (Å²) >= 11 is 1.15. The van der Waals surface area contributed by atoms with Crippen LogP contribution in [0.15, 0.2) is 0 Å². The zero-order chi connectivity index (χ0) is 13.9. The first kappa shape index (κ1) is 14.4. The Kier molecular flexibility index (Phi) is 4.66. The number of anilines is 1. The van der Waals surface area contributed by atoms with Crippen LogP contribution in [0.1, 0.15) is 22.3 Å². The molecule has 0 aliphatic carbocycles. The van der Waals surface area contributed by atoms with Gasteiger partial charge in [-0.05, 0) is 6.92 Å². The fourth-order valence-electron chi connectivity index (χ4n) is 1.56. The Morgan fingerprint density at radius 1 is 1.56 bits per heavy atom. The number of methoxy groups -OCH3 is 1. The number of carbonyl (C=O) groups excluding carboxylic acids is 2. The van der Waals surface area contributed by atoms with E-state index in [0.29, 0.717) is 22.2 Å². The number of nitrogens with zero attached hydrogens (tertiary/aromatic N) is 2. The van der Waals surface area contributed by atoms with Crippen molar-refractivity contribution in [3.05, 3.63) is 10.6 Å². The highest BCUT2D eigenvalue weighted by atomic mass is 32.1. The van der Waals surface area contributed by atoms with E-state index in [1.165, 1.54) is 12.0 Å². The summed E-state index contributed by atoms with van der Waals surface area (Å²) in [7, 11) is 2.96. The minimum atomic E-state index is -0.366. The molecule has 0 aliphatic rings. The number of ether oxygens (including phenoxy) is 1. The second kappa shape index (κ2) is 5.81. The topological polar surface area (TPSA) is 85.5 Å². The predicted molar refractivity (Wildman–Crippen MR) is 69.4 cm³/mol. The number of hydrogen-bond donors (Lipinski definition) is 1. The predicted octanol–water partition coefficient (Wildman–Crippen LogP) is 0.915. The van der Waals surface area contributed by atoms with Crippen molar-refractivity contribution in [3.63, 3.8) is 0 Å². The van der Waals surface area contributed by atoms with Crippen LogP contribution in [0.5, 0.6) is 0 Å². The van der Waals surface area contributed by atoms with E-state index in [9.17, 15) is 9.59 Å². The normalized spacial score (nSPS) is 12.0. The molecule has 0 aliphatic heterocycles. The maximum Gasteiger partial charge on any atom is 0.310 e. The van der Waals surface area contributed by atoms with Crippen molar-refractivity contribution in [1.29, 1.82) is 0 Å². The lowest BCUT2D eigenvalue weighted by Gasteiger charge is -2.19. The Morgan fingerprint density at radius 2 is 2.17 bits per heavy atom. The number of carbonyl (C=O) groups is 2. The smallest absolute Gasteiger partial charge is 0.310 e. The number of aromatic nitrogens is 1. The molecule has 1 aromatic heterocycles. The molecule has 2 N–H and O–H groups in total. The first-order valence-corrected chi connectivity index (χ1v) is 6.24. The van der Waals surface area contributed by atoms with E-state index in [0.717, 1.165) is 11.3 Å². The van der Waals surface area contributed by atoms with Crippen molar-refractivity contribution in [3.8, 4) is 0 Å². The van der Waals surface area contributed by atoms with E-state index in [4.69, 9.17) is 5.73 Å². The van der Waals surface area contributed by atoms with Gasteiger partial charge in [-0.1, -0.05) is 18.3 Å². The minimum absolute atomic E-state index is 0.183. The molecule has 0 spiro atoms. The average molecular weight is 271 g/mol. The Hall–Kier alpha value is -1.63. The second-order valence-corrected chi connectivity index (χ2v) is 5.11. The van der Waals surface area contributed by atoms with Crippen LogP contribution in [0.3, 0.4) is 0 Å². The van der Waals surface area contributed by atoms with Crippen LogP contribution in [0.4, 0.5) is 5.13 Å². The fourth-order valence-corrected chi connectivity index (χ4v) is 2.39. The molecule has 0 aromatic carbocycles. The van der Waals surface area contributed by atoms with Gasteiger partial charge >= 0.3 is 5.97 Å². The van der Waals surface area contributed by atoms with Crippen molar-refractivity contribution < 1.29 is 14.3 Å². The lowest BCUT2D eigenvalue weighted by Crippen LogP contribution is -2.34. The molecule has 1 aromatic rings. The number of amides is 1. The van der Waals surface area contributed by atoms with E-state index >= 15 is 0 Å². The number of hydrogen-bond acceptors (Lipinski definition) is 6. The van der Waals surface area contributed by atoms with E-state index < -0.39 is 0 Å². The first-order chi connectivity index (χ1) is 8.36. The number of esters is 1. The lowest BCUT2D eigenvalue weighted by molar-refractivity contribution is -0.145. The zero-order valence-electron chi connectivity index (χ0n) is 10.9. The van der Waals surface area contributed by atoms with E-state index in [1.54, 1.807) is 20.9 Å². The van der Waals surface area contributed by atoms with E-state index in [-0.39, 0.29) is 17.8 Å². The van der Waals surface area contributed by atoms with Gasteiger partial charge in [0.1, 0.15) is 4.88 Å². The first-order valence-electron chi connectivity index (χ1n) is 5.43. The standard InChI is InChI=1S/C11H17N3O3S/c1-6(10(16)17-4)5-14(3)9(15)8-7(2)13-11(12)18-8/h6H,5H2,1-4H3,(H2,12,13). The monoisotopic (exact) mass is 271 g/mol. The number of rotatable bonds is 4. The molecule has 1 rings (SSSR count). The Balaban J connectivity index is 2.73. The van der Waals surface area contributed by atoms with Crippen LogP contribution < -0.4 is 5.73 Å². The number of nitrogens with two attached hydrogens (primary N) is 1. The van der Waals surface area contributed by atoms with Crippen molar-refractivity contribution in [2.24, 2.45) is 5.92 Å². The zero-order valence-corrected chi connectivity index (χ0v) is 11.7. The summed E-state index contributed by atoms with van der Waals surface area (Å²) in [4.78, 5) is 29.4. The maximum atomic E-state index is 12.1. The third-order valence-corrected chi connectivity index (χ3v) is 3.48. The van der Waals surface area contributed by atoms with Crippen molar-refractivity contribution in [1.82, 2.24) is 9.88 Å². The van der Waals surface area contributed by atoms with Gasteiger partial charge in [0.05, 0.1) is 18.7 Å². The van der Waals surface area contributed by atoms with Gasteiger partial charge in [0.25, 0.3) is 5.91 Å². The lowest BCUT2D eigenvalue weighted by atomic mass is 10.1. The van der Waals surface area contributed by atoms with Gasteiger partial charge in [0.15, 0.2) is 5.13 Å². The molecule has 6 nitrogen and oxygen atoms in total. The third-order valence-electron chi connectivity index (χ3n) is 2.51. The SMILES string of the molecule is COC(=O)C(C)CN(C)C(=O)c1sc(N)nc1C. The summed E-state index contributed by atoms with van der Waals surface area (Å²) in [6.07, 6.45) is 0. The average Bonchev–Trinajstić information content (AvgIpc) is 2.66. The van der Waals surface area contributed by atoms with Gasteiger partial charge in [-0.25, -0.2) is 4.98 Å². The van der Waals surface area contributed by atoms with Crippen molar-refractivity contribution >= 4 is 28.3 Å². The van der Waals surface area contributed by atoms with Gasteiger partial charge in [0, 0.05) is 13.6 Å². The molecular weight excluding hydrogens is 254 g/mol. The molecule has 1 atom stereocenters. The Morgan fingerprint density at radius 3 is 2.61 bits per heavy atom. The molecule has 0 saturated carbocycles. The molecule has 1 heterocycles. The molecular formula is C11H17N3O3S. The molecule has 0 radical (unpaired) electrons.